The van der Waals surface area contributed by atoms with Crippen LogP contribution in [0.3, 0.4) is 0 Å². The van der Waals surface area contributed by atoms with E-state index < -0.39 is 0 Å². The van der Waals surface area contributed by atoms with E-state index >= 15 is 0 Å². The molecule has 0 aromatic carbocycles. The van der Waals surface area contributed by atoms with Gasteiger partial charge in [0.1, 0.15) is 0 Å². The van der Waals surface area contributed by atoms with E-state index in [0.29, 0.717) is 6.61 Å². The third-order valence-corrected chi connectivity index (χ3v) is 4.15. The van der Waals surface area contributed by atoms with E-state index in [0.717, 1.165) is 23.5 Å². The summed E-state index contributed by atoms with van der Waals surface area (Å²) in [5.41, 5.74) is 0. The van der Waals surface area contributed by atoms with Crippen LogP contribution in [0.15, 0.2) is 0 Å². The summed E-state index contributed by atoms with van der Waals surface area (Å²) in [5, 5.41) is 7.34. The predicted molar refractivity (Wildman–Crippen MR) is 80.8 cm³/mol. The molecule has 0 amide bonds. The Kier molecular flexibility index (Phi) is 7.59. The third-order valence-electron chi connectivity index (χ3n) is 3.89. The highest BCUT2D eigenvalue weighted by molar-refractivity contribution is 7.80. The van der Waals surface area contributed by atoms with E-state index in [2.05, 4.69) is 24.5 Å². The Bertz CT molecular complexity index is 240. The van der Waals surface area contributed by atoms with Gasteiger partial charge in [-0.2, -0.15) is 0 Å². The zero-order valence-corrected chi connectivity index (χ0v) is 12.8. The van der Waals surface area contributed by atoms with Crippen LogP contribution < -0.4 is 10.6 Å². The minimum Gasteiger partial charge on any atom is -0.383 e. The van der Waals surface area contributed by atoms with Gasteiger partial charge in [-0.25, -0.2) is 0 Å². The number of ether oxygens (including phenoxy) is 1. The van der Waals surface area contributed by atoms with Gasteiger partial charge in [-0.15, -0.1) is 0 Å². The molecule has 0 bridgehead atoms. The fraction of sp³-hybridized carbons (Fsp3) is 0.929. The molecule has 0 radical (unpaired) electrons. The molecule has 1 unspecified atom stereocenters. The highest BCUT2D eigenvalue weighted by atomic mass is 32.1. The monoisotopic (exact) mass is 272 g/mol. The van der Waals surface area contributed by atoms with Crippen molar-refractivity contribution in [1.82, 2.24) is 10.6 Å². The zero-order chi connectivity index (χ0) is 13.4. The van der Waals surface area contributed by atoms with E-state index in [1.54, 1.807) is 7.11 Å². The van der Waals surface area contributed by atoms with Crippen LogP contribution >= 0.6 is 12.2 Å². The quantitative estimate of drug-likeness (QED) is 0.728. The molecule has 3 nitrogen and oxygen atoms in total. The number of rotatable bonds is 6. The number of methoxy groups -OCH3 is 1. The Balaban J connectivity index is 2.11. The summed E-state index contributed by atoms with van der Waals surface area (Å²) in [6, 6.07) is 0.269. The second-order valence-electron chi connectivity index (χ2n) is 5.51. The smallest absolute Gasteiger partial charge is 0.166 e. The fourth-order valence-electron chi connectivity index (χ4n) is 2.65. The topological polar surface area (TPSA) is 33.3 Å². The van der Waals surface area contributed by atoms with Crippen molar-refractivity contribution in [2.24, 2.45) is 11.8 Å². The van der Waals surface area contributed by atoms with Gasteiger partial charge in [0.2, 0.25) is 0 Å². The molecule has 1 atom stereocenters. The predicted octanol–water partition coefficient (Wildman–Crippen LogP) is 2.70. The first-order valence-electron chi connectivity index (χ1n) is 7.19. The first-order valence-corrected chi connectivity index (χ1v) is 7.59. The molecule has 0 aromatic rings. The van der Waals surface area contributed by atoms with E-state index in [4.69, 9.17) is 17.0 Å². The molecule has 1 aliphatic rings. The molecule has 1 aliphatic carbocycles. The minimum absolute atomic E-state index is 0.269. The fourth-order valence-corrected chi connectivity index (χ4v) is 2.93. The Morgan fingerprint density at radius 3 is 2.44 bits per heavy atom. The number of nitrogens with one attached hydrogen (secondary N) is 2. The summed E-state index contributed by atoms with van der Waals surface area (Å²) in [7, 11) is 1.71. The third kappa shape index (κ3) is 6.01. The van der Waals surface area contributed by atoms with Crippen LogP contribution in [0.5, 0.6) is 0 Å². The largest absolute Gasteiger partial charge is 0.383 e. The molecular formula is C14H28N2OS. The molecule has 0 aromatic heterocycles. The van der Waals surface area contributed by atoms with Crippen LogP contribution in [0.2, 0.25) is 0 Å². The first kappa shape index (κ1) is 15.7. The molecule has 1 rings (SSSR count). The zero-order valence-electron chi connectivity index (χ0n) is 12.0. The second kappa shape index (κ2) is 8.70. The van der Waals surface area contributed by atoms with Crippen LogP contribution in [-0.4, -0.2) is 31.4 Å². The Hall–Kier alpha value is -0.350. The maximum absolute atomic E-state index is 5.28. The number of hydrogen-bond donors (Lipinski definition) is 2. The van der Waals surface area contributed by atoms with Gasteiger partial charge >= 0.3 is 0 Å². The van der Waals surface area contributed by atoms with Gasteiger partial charge in [0.25, 0.3) is 0 Å². The molecule has 2 N–H and O–H groups in total. The molecule has 1 saturated carbocycles. The Morgan fingerprint density at radius 2 is 1.89 bits per heavy atom. The summed E-state index contributed by atoms with van der Waals surface area (Å²) < 4.78 is 5.07. The van der Waals surface area contributed by atoms with E-state index in [9.17, 15) is 0 Å². The first-order chi connectivity index (χ1) is 8.65. The van der Waals surface area contributed by atoms with Gasteiger partial charge in [-0.05, 0) is 43.8 Å². The highest BCUT2D eigenvalue weighted by Crippen LogP contribution is 2.29. The average Bonchev–Trinajstić information content (AvgIpc) is 2.37. The van der Waals surface area contributed by atoms with Crippen LogP contribution in [-0.2, 0) is 4.74 Å². The molecular weight excluding hydrogens is 244 g/mol. The van der Waals surface area contributed by atoms with Crippen molar-refractivity contribution in [3.05, 3.63) is 0 Å². The maximum atomic E-state index is 5.28. The van der Waals surface area contributed by atoms with Crippen LogP contribution in [0.25, 0.3) is 0 Å². The minimum atomic E-state index is 0.269. The van der Waals surface area contributed by atoms with E-state index in [1.807, 2.05) is 0 Å². The van der Waals surface area contributed by atoms with Gasteiger partial charge < -0.3 is 15.4 Å². The molecule has 0 saturated heterocycles. The normalized spacial score (nSPS) is 25.5. The molecule has 4 heteroatoms. The maximum Gasteiger partial charge on any atom is 0.166 e. The molecule has 0 spiro atoms. The van der Waals surface area contributed by atoms with Crippen LogP contribution in [0, 0.1) is 11.8 Å². The summed E-state index contributed by atoms with van der Waals surface area (Å²) >= 11 is 5.28. The van der Waals surface area contributed by atoms with Crippen molar-refractivity contribution < 1.29 is 4.74 Å². The van der Waals surface area contributed by atoms with Gasteiger partial charge in [-0.3, -0.25) is 0 Å². The Morgan fingerprint density at radius 1 is 1.28 bits per heavy atom. The van der Waals surface area contributed by atoms with Crippen molar-refractivity contribution in [3.63, 3.8) is 0 Å². The van der Waals surface area contributed by atoms with Gasteiger partial charge in [-0.1, -0.05) is 26.2 Å². The lowest BCUT2D eigenvalue weighted by Gasteiger charge is -2.28. The summed E-state index contributed by atoms with van der Waals surface area (Å²) in [5.74, 6) is 1.76. The van der Waals surface area contributed by atoms with Gasteiger partial charge in [0, 0.05) is 19.7 Å². The van der Waals surface area contributed by atoms with Gasteiger partial charge in [0.05, 0.1) is 6.61 Å². The average molecular weight is 272 g/mol. The van der Waals surface area contributed by atoms with Crippen LogP contribution in [0.1, 0.15) is 46.0 Å². The van der Waals surface area contributed by atoms with Gasteiger partial charge in [0.15, 0.2) is 5.11 Å². The number of thiocarbonyl (C=S) groups is 1. The molecule has 18 heavy (non-hydrogen) atoms. The van der Waals surface area contributed by atoms with Crippen molar-refractivity contribution in [1.29, 1.82) is 0 Å². The van der Waals surface area contributed by atoms with E-state index in [-0.39, 0.29) is 6.04 Å². The number of hydrogen-bond acceptors (Lipinski definition) is 2. The van der Waals surface area contributed by atoms with Crippen LogP contribution in [0.4, 0.5) is 0 Å². The van der Waals surface area contributed by atoms with E-state index in [1.165, 1.54) is 32.1 Å². The second-order valence-corrected chi connectivity index (χ2v) is 5.91. The van der Waals surface area contributed by atoms with Crippen molar-refractivity contribution >= 4 is 17.3 Å². The van der Waals surface area contributed by atoms with Crippen molar-refractivity contribution in [3.8, 4) is 0 Å². The lowest BCUT2D eigenvalue weighted by atomic mass is 9.81. The standard InChI is InChI=1S/C14H28N2OS/c1-4-12-5-7-13(8-6-12)9-15-14(18)16-11(2)10-17-3/h11-13H,4-10H2,1-3H3,(H2,15,16,18). The molecule has 1 fully saturated rings. The lowest BCUT2D eigenvalue weighted by Crippen LogP contribution is -2.44. The molecule has 0 heterocycles. The summed E-state index contributed by atoms with van der Waals surface area (Å²) in [6.45, 7) is 6.08. The Labute approximate surface area is 117 Å². The lowest BCUT2D eigenvalue weighted by molar-refractivity contribution is 0.179. The summed E-state index contributed by atoms with van der Waals surface area (Å²) in [6.07, 6.45) is 6.82. The SMILES string of the molecule is CCC1CCC(CNC(=S)NC(C)COC)CC1. The highest BCUT2D eigenvalue weighted by Gasteiger charge is 2.19. The molecule has 0 aliphatic heterocycles. The van der Waals surface area contributed by atoms with Crippen molar-refractivity contribution in [2.45, 2.75) is 52.0 Å². The summed E-state index contributed by atoms with van der Waals surface area (Å²) in [4.78, 5) is 0. The van der Waals surface area contributed by atoms with Crippen molar-refractivity contribution in [2.75, 3.05) is 20.3 Å². The molecule has 106 valence electrons.